The maximum absolute atomic E-state index is 12.3. The van der Waals surface area contributed by atoms with E-state index in [9.17, 15) is 9.59 Å². The Morgan fingerprint density at radius 2 is 1.54 bits per heavy atom. The average molecular weight is 372 g/mol. The van der Waals surface area contributed by atoms with E-state index < -0.39 is 0 Å². The fourth-order valence-corrected chi connectivity index (χ4v) is 2.57. The fraction of sp³-hybridized carbons (Fsp3) is 0.0435. The molecule has 0 aliphatic carbocycles. The molecule has 28 heavy (non-hydrogen) atoms. The second-order valence-electron chi connectivity index (χ2n) is 6.09. The number of hydrogen-bond donors (Lipinski definition) is 2. The van der Waals surface area contributed by atoms with Gasteiger partial charge in [0.1, 0.15) is 5.75 Å². The van der Waals surface area contributed by atoms with Gasteiger partial charge in [0, 0.05) is 11.1 Å². The van der Waals surface area contributed by atoms with Crippen LogP contribution in [-0.4, -0.2) is 18.8 Å². The van der Waals surface area contributed by atoms with E-state index in [0.29, 0.717) is 28.3 Å². The van der Waals surface area contributed by atoms with E-state index in [2.05, 4.69) is 5.32 Å². The number of ether oxygens (including phenoxy) is 1. The van der Waals surface area contributed by atoms with Gasteiger partial charge >= 0.3 is 0 Å². The van der Waals surface area contributed by atoms with Gasteiger partial charge in [-0.1, -0.05) is 30.3 Å². The molecule has 3 aromatic rings. The van der Waals surface area contributed by atoms with Crippen molar-refractivity contribution in [3.05, 3.63) is 95.6 Å². The second-order valence-corrected chi connectivity index (χ2v) is 6.09. The molecule has 3 aromatic carbocycles. The lowest BCUT2D eigenvalue weighted by molar-refractivity contribution is 0.102. The van der Waals surface area contributed by atoms with Gasteiger partial charge in [-0.15, -0.1) is 0 Å². The highest BCUT2D eigenvalue weighted by molar-refractivity contribution is 6.07. The molecular weight excluding hydrogens is 352 g/mol. The normalized spacial score (nSPS) is 10.6. The Labute approximate surface area is 163 Å². The number of allylic oxidation sites excluding steroid dienone is 1. The van der Waals surface area contributed by atoms with Gasteiger partial charge in [0.15, 0.2) is 5.78 Å². The number of para-hydroxylation sites is 2. The number of nitrogens with one attached hydrogen (secondary N) is 1. The quantitative estimate of drug-likeness (QED) is 0.381. The summed E-state index contributed by atoms with van der Waals surface area (Å²) < 4.78 is 5.08. The molecule has 0 unspecified atom stereocenters. The number of nitrogen functional groups attached to an aromatic ring is 1. The summed E-state index contributed by atoms with van der Waals surface area (Å²) >= 11 is 0. The minimum atomic E-state index is -0.247. The number of benzene rings is 3. The number of hydrogen-bond acceptors (Lipinski definition) is 4. The molecule has 0 aliphatic heterocycles. The van der Waals surface area contributed by atoms with Gasteiger partial charge in [-0.3, -0.25) is 9.59 Å². The lowest BCUT2D eigenvalue weighted by Gasteiger charge is -2.08. The van der Waals surface area contributed by atoms with Crippen molar-refractivity contribution in [2.45, 2.75) is 0 Å². The molecule has 0 heterocycles. The highest BCUT2D eigenvalue weighted by Gasteiger charge is 2.07. The highest BCUT2D eigenvalue weighted by atomic mass is 16.5. The van der Waals surface area contributed by atoms with Crippen LogP contribution in [0.3, 0.4) is 0 Å². The van der Waals surface area contributed by atoms with Crippen molar-refractivity contribution in [3.63, 3.8) is 0 Å². The Kier molecular flexibility index (Phi) is 5.87. The highest BCUT2D eigenvalue weighted by Crippen LogP contribution is 2.18. The third-order valence-corrected chi connectivity index (χ3v) is 4.18. The second kappa shape index (κ2) is 8.68. The molecular formula is C23H20N2O3. The van der Waals surface area contributed by atoms with E-state index in [1.54, 1.807) is 86.0 Å². The summed E-state index contributed by atoms with van der Waals surface area (Å²) in [7, 11) is 1.58. The van der Waals surface area contributed by atoms with Crippen molar-refractivity contribution < 1.29 is 14.3 Å². The summed E-state index contributed by atoms with van der Waals surface area (Å²) in [5.41, 5.74) is 8.81. The monoisotopic (exact) mass is 372 g/mol. The molecule has 0 spiro atoms. The number of ketones is 1. The maximum Gasteiger partial charge on any atom is 0.255 e. The Hall–Kier alpha value is -3.86. The van der Waals surface area contributed by atoms with Crippen LogP contribution in [0.15, 0.2) is 78.9 Å². The number of carbonyl (C=O) groups excluding carboxylic acids is 2. The number of amides is 1. The topological polar surface area (TPSA) is 81.4 Å². The SMILES string of the molecule is COc1ccc(C(=O)/C=C/c2ccc(C(=O)Nc3ccccc3N)cc2)cc1. The van der Waals surface area contributed by atoms with Gasteiger partial charge in [-0.05, 0) is 60.2 Å². The van der Waals surface area contributed by atoms with Crippen molar-refractivity contribution in [3.8, 4) is 5.75 Å². The predicted octanol–water partition coefficient (Wildman–Crippen LogP) is 4.43. The lowest BCUT2D eigenvalue weighted by Crippen LogP contribution is -2.12. The molecule has 3 rings (SSSR count). The molecule has 0 saturated heterocycles. The van der Waals surface area contributed by atoms with Gasteiger partial charge in [0.2, 0.25) is 0 Å². The Bertz CT molecular complexity index is 1010. The zero-order chi connectivity index (χ0) is 19.9. The van der Waals surface area contributed by atoms with Gasteiger partial charge < -0.3 is 15.8 Å². The van der Waals surface area contributed by atoms with Crippen LogP contribution in [0.1, 0.15) is 26.3 Å². The predicted molar refractivity (Wildman–Crippen MR) is 112 cm³/mol. The van der Waals surface area contributed by atoms with Crippen LogP contribution < -0.4 is 15.8 Å². The zero-order valence-corrected chi connectivity index (χ0v) is 15.4. The molecule has 0 aliphatic rings. The molecule has 3 N–H and O–H groups in total. The van der Waals surface area contributed by atoms with Crippen LogP contribution in [0.25, 0.3) is 6.08 Å². The summed E-state index contributed by atoms with van der Waals surface area (Å²) in [4.78, 5) is 24.6. The summed E-state index contributed by atoms with van der Waals surface area (Å²) in [5, 5.41) is 2.78. The minimum absolute atomic E-state index is 0.107. The number of anilines is 2. The van der Waals surface area contributed by atoms with Gasteiger partial charge in [-0.25, -0.2) is 0 Å². The summed E-state index contributed by atoms with van der Waals surface area (Å²) in [6.45, 7) is 0. The van der Waals surface area contributed by atoms with Crippen LogP contribution in [0.5, 0.6) is 5.75 Å². The lowest BCUT2D eigenvalue weighted by atomic mass is 10.1. The van der Waals surface area contributed by atoms with Crippen LogP contribution >= 0.6 is 0 Å². The first-order valence-electron chi connectivity index (χ1n) is 8.69. The van der Waals surface area contributed by atoms with E-state index in [4.69, 9.17) is 10.5 Å². The molecule has 5 heteroatoms. The van der Waals surface area contributed by atoms with Crippen molar-refractivity contribution in [1.82, 2.24) is 0 Å². The minimum Gasteiger partial charge on any atom is -0.497 e. The van der Waals surface area contributed by atoms with Gasteiger partial charge in [-0.2, -0.15) is 0 Å². The largest absolute Gasteiger partial charge is 0.497 e. The van der Waals surface area contributed by atoms with Crippen LogP contribution in [0.4, 0.5) is 11.4 Å². The molecule has 0 fully saturated rings. The molecule has 0 saturated carbocycles. The van der Waals surface area contributed by atoms with Gasteiger partial charge in [0.25, 0.3) is 5.91 Å². The first-order chi connectivity index (χ1) is 13.6. The molecule has 0 atom stereocenters. The van der Waals surface area contributed by atoms with Crippen LogP contribution in [0, 0.1) is 0 Å². The molecule has 5 nitrogen and oxygen atoms in total. The molecule has 0 aromatic heterocycles. The molecule has 140 valence electrons. The summed E-state index contributed by atoms with van der Waals surface area (Å²) in [5.74, 6) is 0.346. The first kappa shape index (κ1) is 18.9. The summed E-state index contributed by atoms with van der Waals surface area (Å²) in [6.07, 6.45) is 3.21. The van der Waals surface area contributed by atoms with Crippen LogP contribution in [-0.2, 0) is 0 Å². The third-order valence-electron chi connectivity index (χ3n) is 4.18. The first-order valence-corrected chi connectivity index (χ1v) is 8.69. The number of nitrogens with two attached hydrogens (primary N) is 1. The van der Waals surface area contributed by atoms with E-state index in [1.807, 2.05) is 0 Å². The number of methoxy groups -OCH3 is 1. The van der Waals surface area contributed by atoms with E-state index in [0.717, 1.165) is 5.56 Å². The smallest absolute Gasteiger partial charge is 0.255 e. The fourth-order valence-electron chi connectivity index (χ4n) is 2.57. The van der Waals surface area contributed by atoms with E-state index >= 15 is 0 Å². The standard InChI is InChI=1S/C23H20N2O3/c1-28-19-13-11-17(12-14-19)22(26)15-8-16-6-9-18(10-7-16)23(27)25-21-5-3-2-4-20(21)24/h2-15H,24H2,1H3,(H,25,27)/b15-8+. The zero-order valence-electron chi connectivity index (χ0n) is 15.4. The summed E-state index contributed by atoms with van der Waals surface area (Å²) in [6, 6.07) is 21.0. The number of rotatable bonds is 6. The van der Waals surface area contributed by atoms with E-state index in [-0.39, 0.29) is 11.7 Å². The molecule has 1 amide bonds. The van der Waals surface area contributed by atoms with Crippen molar-refractivity contribution in [1.29, 1.82) is 0 Å². The third kappa shape index (κ3) is 4.65. The van der Waals surface area contributed by atoms with Crippen molar-refractivity contribution in [2.24, 2.45) is 0 Å². The van der Waals surface area contributed by atoms with Crippen LogP contribution in [0.2, 0.25) is 0 Å². The molecule has 0 radical (unpaired) electrons. The Balaban J connectivity index is 1.65. The van der Waals surface area contributed by atoms with Crippen molar-refractivity contribution >= 4 is 29.1 Å². The average Bonchev–Trinajstić information content (AvgIpc) is 2.74. The Morgan fingerprint density at radius 3 is 2.18 bits per heavy atom. The molecule has 0 bridgehead atoms. The number of carbonyl (C=O) groups is 2. The van der Waals surface area contributed by atoms with Gasteiger partial charge in [0.05, 0.1) is 18.5 Å². The maximum atomic E-state index is 12.3. The van der Waals surface area contributed by atoms with Crippen molar-refractivity contribution in [2.75, 3.05) is 18.2 Å². The Morgan fingerprint density at radius 1 is 0.893 bits per heavy atom. The van der Waals surface area contributed by atoms with E-state index in [1.165, 1.54) is 6.08 Å².